The standard InChI is InChI=1S/C15H21FN2O2/c16-13-4-1-5-14(9-13)18-15(19)11-20-8-6-12-3-2-7-17-10-12/h1,4-5,9,12,17H,2-3,6-8,10-11H2,(H,18,19). The molecule has 1 aliphatic heterocycles. The van der Waals surface area contributed by atoms with Gasteiger partial charge in [-0.1, -0.05) is 6.07 Å². The van der Waals surface area contributed by atoms with Crippen molar-refractivity contribution < 1.29 is 13.9 Å². The van der Waals surface area contributed by atoms with Crippen LogP contribution in [0.3, 0.4) is 0 Å². The number of carbonyl (C=O) groups excluding carboxylic acids is 1. The molecule has 110 valence electrons. The molecule has 0 saturated carbocycles. The first kappa shape index (κ1) is 14.9. The molecular weight excluding hydrogens is 259 g/mol. The quantitative estimate of drug-likeness (QED) is 0.785. The van der Waals surface area contributed by atoms with Crippen LogP contribution >= 0.6 is 0 Å². The average molecular weight is 280 g/mol. The van der Waals surface area contributed by atoms with Gasteiger partial charge in [-0.2, -0.15) is 0 Å². The highest BCUT2D eigenvalue weighted by molar-refractivity contribution is 5.91. The third-order valence-corrected chi connectivity index (χ3v) is 3.41. The largest absolute Gasteiger partial charge is 0.372 e. The normalized spacial score (nSPS) is 18.8. The van der Waals surface area contributed by atoms with E-state index in [1.54, 1.807) is 12.1 Å². The molecule has 1 aromatic carbocycles. The summed E-state index contributed by atoms with van der Waals surface area (Å²) in [6.45, 7) is 2.74. The molecule has 2 rings (SSSR count). The molecule has 4 nitrogen and oxygen atoms in total. The molecule has 1 heterocycles. The van der Waals surface area contributed by atoms with E-state index in [0.29, 0.717) is 18.2 Å². The summed E-state index contributed by atoms with van der Waals surface area (Å²) in [6, 6.07) is 5.83. The van der Waals surface area contributed by atoms with Crippen LogP contribution in [0.15, 0.2) is 24.3 Å². The summed E-state index contributed by atoms with van der Waals surface area (Å²) in [7, 11) is 0. The van der Waals surface area contributed by atoms with Gasteiger partial charge >= 0.3 is 0 Å². The van der Waals surface area contributed by atoms with Crippen LogP contribution in [-0.2, 0) is 9.53 Å². The van der Waals surface area contributed by atoms with Gasteiger partial charge < -0.3 is 15.4 Å². The molecule has 1 fully saturated rings. The molecule has 0 spiro atoms. The molecule has 1 amide bonds. The average Bonchev–Trinajstić information content (AvgIpc) is 2.45. The van der Waals surface area contributed by atoms with Crippen molar-refractivity contribution in [3.8, 4) is 0 Å². The lowest BCUT2D eigenvalue weighted by Crippen LogP contribution is -2.30. The monoisotopic (exact) mass is 280 g/mol. The number of hydrogen-bond acceptors (Lipinski definition) is 3. The highest BCUT2D eigenvalue weighted by Crippen LogP contribution is 2.13. The van der Waals surface area contributed by atoms with Crippen LogP contribution < -0.4 is 10.6 Å². The Balaban J connectivity index is 1.60. The van der Waals surface area contributed by atoms with Crippen LogP contribution in [0.25, 0.3) is 0 Å². The fourth-order valence-corrected chi connectivity index (χ4v) is 2.35. The van der Waals surface area contributed by atoms with Gasteiger partial charge in [0.25, 0.3) is 0 Å². The van der Waals surface area contributed by atoms with E-state index >= 15 is 0 Å². The maximum atomic E-state index is 12.9. The van der Waals surface area contributed by atoms with Crippen LogP contribution in [0.1, 0.15) is 19.3 Å². The number of nitrogens with one attached hydrogen (secondary N) is 2. The fraction of sp³-hybridized carbons (Fsp3) is 0.533. The topological polar surface area (TPSA) is 50.4 Å². The van der Waals surface area contributed by atoms with Gasteiger partial charge in [0.1, 0.15) is 12.4 Å². The minimum Gasteiger partial charge on any atom is -0.372 e. The van der Waals surface area contributed by atoms with E-state index in [0.717, 1.165) is 19.5 Å². The molecule has 0 radical (unpaired) electrons. The van der Waals surface area contributed by atoms with E-state index in [2.05, 4.69) is 10.6 Å². The molecule has 5 heteroatoms. The van der Waals surface area contributed by atoms with Crippen LogP contribution in [0.2, 0.25) is 0 Å². The minimum atomic E-state index is -0.367. The van der Waals surface area contributed by atoms with E-state index in [4.69, 9.17) is 4.74 Å². The second-order valence-corrected chi connectivity index (χ2v) is 5.11. The Morgan fingerprint density at radius 1 is 1.50 bits per heavy atom. The molecule has 1 aliphatic rings. The number of benzene rings is 1. The zero-order chi connectivity index (χ0) is 14.2. The fourth-order valence-electron chi connectivity index (χ4n) is 2.35. The van der Waals surface area contributed by atoms with Crippen molar-refractivity contribution in [3.63, 3.8) is 0 Å². The van der Waals surface area contributed by atoms with Crippen molar-refractivity contribution in [1.82, 2.24) is 5.32 Å². The Morgan fingerprint density at radius 3 is 3.15 bits per heavy atom. The van der Waals surface area contributed by atoms with Gasteiger partial charge in [0.2, 0.25) is 5.91 Å². The van der Waals surface area contributed by atoms with Gasteiger partial charge in [-0.15, -0.1) is 0 Å². The lowest BCUT2D eigenvalue weighted by molar-refractivity contribution is -0.120. The number of ether oxygens (including phenoxy) is 1. The van der Waals surface area contributed by atoms with Crippen molar-refractivity contribution in [2.45, 2.75) is 19.3 Å². The van der Waals surface area contributed by atoms with Crippen LogP contribution in [0.4, 0.5) is 10.1 Å². The lowest BCUT2D eigenvalue weighted by atomic mass is 9.97. The second kappa shape index (κ2) is 7.97. The number of carbonyl (C=O) groups is 1. The third kappa shape index (κ3) is 5.27. The van der Waals surface area contributed by atoms with Gasteiger partial charge in [0.15, 0.2) is 0 Å². The summed E-state index contributed by atoms with van der Waals surface area (Å²) in [6.07, 6.45) is 3.41. The number of amides is 1. The van der Waals surface area contributed by atoms with Gasteiger partial charge in [0, 0.05) is 12.3 Å². The van der Waals surface area contributed by atoms with E-state index in [1.165, 1.54) is 25.0 Å². The van der Waals surface area contributed by atoms with Crippen molar-refractivity contribution >= 4 is 11.6 Å². The van der Waals surface area contributed by atoms with Gasteiger partial charge in [0.05, 0.1) is 0 Å². The molecule has 1 aromatic rings. The van der Waals surface area contributed by atoms with Crippen molar-refractivity contribution in [2.75, 3.05) is 31.6 Å². The Bertz CT molecular complexity index is 434. The Hall–Kier alpha value is -1.46. The summed E-state index contributed by atoms with van der Waals surface area (Å²) in [4.78, 5) is 11.6. The lowest BCUT2D eigenvalue weighted by Gasteiger charge is -2.22. The second-order valence-electron chi connectivity index (χ2n) is 5.11. The number of rotatable bonds is 6. The molecule has 1 saturated heterocycles. The Kier molecular flexibility index (Phi) is 5.95. The van der Waals surface area contributed by atoms with Crippen LogP contribution in [0, 0.1) is 11.7 Å². The van der Waals surface area contributed by atoms with E-state index in [9.17, 15) is 9.18 Å². The number of piperidine rings is 1. The number of halogens is 1. The molecule has 2 N–H and O–H groups in total. The van der Waals surface area contributed by atoms with Crippen molar-refractivity contribution in [1.29, 1.82) is 0 Å². The van der Waals surface area contributed by atoms with E-state index in [-0.39, 0.29) is 18.3 Å². The van der Waals surface area contributed by atoms with Crippen molar-refractivity contribution in [2.24, 2.45) is 5.92 Å². The SMILES string of the molecule is O=C(COCCC1CCCNC1)Nc1cccc(F)c1. The first-order chi connectivity index (χ1) is 9.74. The smallest absolute Gasteiger partial charge is 0.250 e. The Morgan fingerprint density at radius 2 is 2.40 bits per heavy atom. The van der Waals surface area contributed by atoms with Crippen LogP contribution in [0.5, 0.6) is 0 Å². The zero-order valence-corrected chi connectivity index (χ0v) is 11.5. The molecule has 1 unspecified atom stereocenters. The molecule has 20 heavy (non-hydrogen) atoms. The third-order valence-electron chi connectivity index (χ3n) is 3.41. The number of anilines is 1. The molecular formula is C15H21FN2O2. The highest BCUT2D eigenvalue weighted by Gasteiger charge is 2.12. The Labute approximate surface area is 118 Å². The van der Waals surface area contributed by atoms with Gasteiger partial charge in [-0.05, 0) is 56.5 Å². The zero-order valence-electron chi connectivity index (χ0n) is 11.5. The summed E-state index contributed by atoms with van der Waals surface area (Å²) < 4.78 is 18.3. The predicted molar refractivity (Wildman–Crippen MR) is 76.1 cm³/mol. The minimum absolute atomic E-state index is 0.0106. The highest BCUT2D eigenvalue weighted by atomic mass is 19.1. The maximum absolute atomic E-state index is 12.9. The van der Waals surface area contributed by atoms with E-state index < -0.39 is 0 Å². The van der Waals surface area contributed by atoms with Gasteiger partial charge in [-0.25, -0.2) is 4.39 Å². The summed E-state index contributed by atoms with van der Waals surface area (Å²) in [5, 5.41) is 5.96. The van der Waals surface area contributed by atoms with Crippen LogP contribution in [-0.4, -0.2) is 32.2 Å². The molecule has 1 atom stereocenters. The summed E-state index contributed by atoms with van der Waals surface area (Å²) in [5.74, 6) is 0.0286. The summed E-state index contributed by atoms with van der Waals surface area (Å²) >= 11 is 0. The first-order valence-corrected chi connectivity index (χ1v) is 7.08. The number of hydrogen-bond donors (Lipinski definition) is 2. The van der Waals surface area contributed by atoms with Gasteiger partial charge in [-0.3, -0.25) is 4.79 Å². The predicted octanol–water partition coefficient (Wildman–Crippen LogP) is 2.17. The van der Waals surface area contributed by atoms with Crippen molar-refractivity contribution in [3.05, 3.63) is 30.1 Å². The van der Waals surface area contributed by atoms with E-state index in [1.807, 2.05) is 0 Å². The summed E-state index contributed by atoms with van der Waals surface area (Å²) in [5.41, 5.74) is 0.454. The first-order valence-electron chi connectivity index (χ1n) is 7.08. The molecule has 0 bridgehead atoms. The maximum Gasteiger partial charge on any atom is 0.250 e. The molecule has 0 aromatic heterocycles. The molecule has 0 aliphatic carbocycles.